The van der Waals surface area contributed by atoms with E-state index in [9.17, 15) is 17.6 Å². The van der Waals surface area contributed by atoms with Crippen molar-refractivity contribution in [2.45, 2.75) is 19.1 Å². The second kappa shape index (κ2) is 5.35. The van der Waals surface area contributed by atoms with Crippen LogP contribution in [0.15, 0.2) is 18.2 Å². The predicted molar refractivity (Wildman–Crippen MR) is 55.4 cm³/mol. The van der Waals surface area contributed by atoms with Gasteiger partial charge in [0.1, 0.15) is 0 Å². The molecule has 6 heteroatoms. The van der Waals surface area contributed by atoms with Crippen LogP contribution in [0.3, 0.4) is 0 Å². The number of ether oxygens (including phenoxy) is 1. The normalized spacial score (nSPS) is 13.5. The Balaban J connectivity index is 2.76. The van der Waals surface area contributed by atoms with Crippen LogP contribution < -0.4 is 10.1 Å². The largest absolute Gasteiger partial charge is 0.481 e. The molecule has 1 rings (SSSR count). The molecule has 0 aromatic heterocycles. The zero-order valence-corrected chi connectivity index (χ0v) is 9.44. The van der Waals surface area contributed by atoms with E-state index in [-0.39, 0.29) is 6.04 Å². The van der Waals surface area contributed by atoms with E-state index in [0.717, 1.165) is 6.07 Å². The van der Waals surface area contributed by atoms with E-state index in [1.54, 1.807) is 7.05 Å². The Hall–Kier alpha value is -1.30. The van der Waals surface area contributed by atoms with Crippen LogP contribution in [-0.4, -0.2) is 19.8 Å². The van der Waals surface area contributed by atoms with Crippen LogP contribution in [0.2, 0.25) is 0 Å². The number of benzene rings is 1. The van der Waals surface area contributed by atoms with Crippen molar-refractivity contribution in [3.8, 4) is 5.75 Å². The van der Waals surface area contributed by atoms with Crippen molar-refractivity contribution >= 4 is 0 Å². The highest BCUT2D eigenvalue weighted by Gasteiger charge is 2.28. The van der Waals surface area contributed by atoms with Gasteiger partial charge in [-0.1, -0.05) is 6.07 Å². The molecular formula is C11H13F4NO. The van der Waals surface area contributed by atoms with Crippen LogP contribution in [0.5, 0.6) is 5.75 Å². The van der Waals surface area contributed by atoms with E-state index in [4.69, 9.17) is 0 Å². The van der Waals surface area contributed by atoms with Crippen molar-refractivity contribution in [1.82, 2.24) is 5.32 Å². The zero-order valence-electron chi connectivity index (χ0n) is 9.44. The summed E-state index contributed by atoms with van der Waals surface area (Å²) >= 11 is 0. The average Bonchev–Trinajstić information content (AvgIpc) is 2.25. The Morgan fingerprint density at radius 3 is 2.47 bits per heavy atom. The van der Waals surface area contributed by atoms with Gasteiger partial charge in [0.15, 0.2) is 18.2 Å². The maximum Gasteiger partial charge on any atom is 0.422 e. The van der Waals surface area contributed by atoms with E-state index >= 15 is 0 Å². The minimum atomic E-state index is -4.47. The van der Waals surface area contributed by atoms with Crippen LogP contribution in [-0.2, 0) is 0 Å². The van der Waals surface area contributed by atoms with Gasteiger partial charge in [-0.3, -0.25) is 0 Å². The number of hydrogen-bond acceptors (Lipinski definition) is 2. The van der Waals surface area contributed by atoms with Gasteiger partial charge in [0.2, 0.25) is 0 Å². The lowest BCUT2D eigenvalue weighted by molar-refractivity contribution is -0.153. The van der Waals surface area contributed by atoms with Crippen molar-refractivity contribution in [2.24, 2.45) is 0 Å². The second-order valence-corrected chi connectivity index (χ2v) is 3.60. The predicted octanol–water partition coefficient (Wildman–Crippen LogP) is 3.05. The maximum absolute atomic E-state index is 13.4. The molecule has 1 unspecified atom stereocenters. The first kappa shape index (κ1) is 13.8. The third kappa shape index (κ3) is 4.22. The van der Waals surface area contributed by atoms with Gasteiger partial charge in [0.25, 0.3) is 0 Å². The van der Waals surface area contributed by atoms with Crippen molar-refractivity contribution in [1.29, 1.82) is 0 Å². The molecule has 1 atom stereocenters. The van der Waals surface area contributed by atoms with Crippen LogP contribution in [0.1, 0.15) is 18.5 Å². The Labute approximate surface area is 96.6 Å². The first-order valence-corrected chi connectivity index (χ1v) is 5.00. The molecule has 0 aliphatic heterocycles. The SMILES string of the molecule is CNC(C)c1ccc(OCC(F)(F)F)c(F)c1. The minimum Gasteiger partial charge on any atom is -0.481 e. The molecule has 96 valence electrons. The number of rotatable bonds is 4. The van der Waals surface area contributed by atoms with Gasteiger partial charge in [-0.05, 0) is 31.7 Å². The molecule has 2 nitrogen and oxygen atoms in total. The van der Waals surface area contributed by atoms with E-state index < -0.39 is 24.3 Å². The van der Waals surface area contributed by atoms with Gasteiger partial charge in [-0.15, -0.1) is 0 Å². The highest BCUT2D eigenvalue weighted by Crippen LogP contribution is 2.24. The van der Waals surface area contributed by atoms with Gasteiger partial charge in [0.05, 0.1) is 0 Å². The van der Waals surface area contributed by atoms with Crippen molar-refractivity contribution in [3.63, 3.8) is 0 Å². The number of hydrogen-bond donors (Lipinski definition) is 1. The van der Waals surface area contributed by atoms with E-state index in [1.165, 1.54) is 12.1 Å². The first-order valence-electron chi connectivity index (χ1n) is 5.00. The van der Waals surface area contributed by atoms with Gasteiger partial charge in [-0.2, -0.15) is 13.2 Å². The monoisotopic (exact) mass is 251 g/mol. The summed E-state index contributed by atoms with van der Waals surface area (Å²) in [6.45, 7) is 0.315. The van der Waals surface area contributed by atoms with E-state index in [1.807, 2.05) is 6.92 Å². The summed E-state index contributed by atoms with van der Waals surface area (Å²) in [7, 11) is 1.70. The standard InChI is InChI=1S/C11H13F4NO/c1-7(16-2)8-3-4-10(9(12)5-8)17-6-11(13,14)15/h3-5,7,16H,6H2,1-2H3. The number of alkyl halides is 3. The Bertz CT molecular complexity index is 378. The average molecular weight is 251 g/mol. The minimum absolute atomic E-state index is 0.0823. The number of halogens is 4. The highest BCUT2D eigenvalue weighted by atomic mass is 19.4. The highest BCUT2D eigenvalue weighted by molar-refractivity contribution is 5.30. The Kier molecular flexibility index (Phi) is 4.34. The van der Waals surface area contributed by atoms with Gasteiger partial charge in [-0.25, -0.2) is 4.39 Å². The molecule has 0 aliphatic carbocycles. The molecule has 1 N–H and O–H groups in total. The van der Waals surface area contributed by atoms with Gasteiger partial charge < -0.3 is 10.1 Å². The molecule has 0 heterocycles. The van der Waals surface area contributed by atoms with E-state index in [0.29, 0.717) is 5.56 Å². The Morgan fingerprint density at radius 2 is 2.00 bits per heavy atom. The molecular weight excluding hydrogens is 238 g/mol. The van der Waals surface area contributed by atoms with E-state index in [2.05, 4.69) is 10.1 Å². The summed E-state index contributed by atoms with van der Waals surface area (Å²) in [5.74, 6) is -1.19. The summed E-state index contributed by atoms with van der Waals surface area (Å²) in [6.07, 6.45) is -4.47. The molecule has 17 heavy (non-hydrogen) atoms. The quantitative estimate of drug-likeness (QED) is 0.830. The lowest BCUT2D eigenvalue weighted by Gasteiger charge is -2.13. The molecule has 0 bridgehead atoms. The fourth-order valence-corrected chi connectivity index (χ4v) is 1.23. The van der Waals surface area contributed by atoms with Gasteiger partial charge >= 0.3 is 6.18 Å². The van der Waals surface area contributed by atoms with Crippen LogP contribution in [0.4, 0.5) is 17.6 Å². The van der Waals surface area contributed by atoms with Crippen LogP contribution in [0.25, 0.3) is 0 Å². The molecule has 0 fully saturated rings. The third-order valence-electron chi connectivity index (χ3n) is 2.28. The fourth-order valence-electron chi connectivity index (χ4n) is 1.23. The Morgan fingerprint density at radius 1 is 1.35 bits per heavy atom. The summed E-state index contributed by atoms with van der Waals surface area (Å²) in [5, 5.41) is 2.90. The van der Waals surface area contributed by atoms with Crippen LogP contribution >= 0.6 is 0 Å². The van der Waals surface area contributed by atoms with Crippen molar-refractivity contribution in [2.75, 3.05) is 13.7 Å². The first-order chi connectivity index (χ1) is 7.83. The molecule has 1 aromatic rings. The smallest absolute Gasteiger partial charge is 0.422 e. The van der Waals surface area contributed by atoms with Crippen molar-refractivity contribution in [3.05, 3.63) is 29.6 Å². The second-order valence-electron chi connectivity index (χ2n) is 3.60. The molecule has 0 saturated carbocycles. The number of nitrogens with one attached hydrogen (secondary N) is 1. The maximum atomic E-state index is 13.4. The summed E-state index contributed by atoms with van der Waals surface area (Å²) in [6, 6.07) is 3.80. The third-order valence-corrected chi connectivity index (χ3v) is 2.28. The molecule has 0 amide bonds. The summed E-state index contributed by atoms with van der Waals surface area (Å²) in [4.78, 5) is 0. The summed E-state index contributed by atoms with van der Waals surface area (Å²) in [5.41, 5.74) is 0.643. The molecule has 0 aliphatic rings. The van der Waals surface area contributed by atoms with Gasteiger partial charge in [0, 0.05) is 6.04 Å². The molecule has 0 saturated heterocycles. The lowest BCUT2D eigenvalue weighted by Crippen LogP contribution is -2.20. The van der Waals surface area contributed by atoms with Crippen LogP contribution in [0, 0.1) is 5.82 Å². The molecule has 0 radical (unpaired) electrons. The fraction of sp³-hybridized carbons (Fsp3) is 0.455. The topological polar surface area (TPSA) is 21.3 Å². The zero-order chi connectivity index (χ0) is 13.1. The lowest BCUT2D eigenvalue weighted by atomic mass is 10.1. The summed E-state index contributed by atoms with van der Waals surface area (Å²) < 4.78 is 53.4. The molecule has 0 spiro atoms. The van der Waals surface area contributed by atoms with Crippen molar-refractivity contribution < 1.29 is 22.3 Å². The molecule has 1 aromatic carbocycles.